The number of amides is 1. The molecular weight excluding hydrogens is 505 g/mol. The first-order chi connectivity index (χ1) is 18.6. The van der Waals surface area contributed by atoms with Gasteiger partial charge >= 0.3 is 6.18 Å². The smallest absolute Gasteiger partial charge is 0.322 e. The number of benzene rings is 2. The number of halogens is 3. The molecule has 2 aromatic carbocycles. The molecule has 0 fully saturated rings. The van der Waals surface area contributed by atoms with Crippen molar-refractivity contribution in [3.63, 3.8) is 0 Å². The van der Waals surface area contributed by atoms with Gasteiger partial charge in [0.2, 0.25) is 0 Å². The lowest BCUT2D eigenvalue weighted by Crippen LogP contribution is -2.23. The quantitative estimate of drug-likeness (QED) is 0.313. The van der Waals surface area contributed by atoms with Crippen LogP contribution in [0.5, 0.6) is 0 Å². The van der Waals surface area contributed by atoms with Gasteiger partial charge in [-0.05, 0) is 73.5 Å². The zero-order valence-electron chi connectivity index (χ0n) is 21.9. The predicted molar refractivity (Wildman–Crippen MR) is 146 cm³/mol. The van der Waals surface area contributed by atoms with Crippen molar-refractivity contribution >= 4 is 29.3 Å². The van der Waals surface area contributed by atoms with E-state index in [9.17, 15) is 22.8 Å². The number of aryl methyl sites for hydroxylation is 1. The molecule has 0 saturated heterocycles. The van der Waals surface area contributed by atoms with Crippen molar-refractivity contribution in [2.75, 3.05) is 12.4 Å². The van der Waals surface area contributed by atoms with Gasteiger partial charge in [0, 0.05) is 36.6 Å². The molecular formula is C30H29F3N4O2. The summed E-state index contributed by atoms with van der Waals surface area (Å²) in [6.45, 7) is 4.40. The van der Waals surface area contributed by atoms with E-state index in [1.54, 1.807) is 12.3 Å². The number of ketones is 1. The van der Waals surface area contributed by atoms with Gasteiger partial charge in [0.1, 0.15) is 5.69 Å². The number of likely N-dealkylation sites (N-methyl/N-ethyl adjacent to an activating group) is 1. The number of hydrogen-bond acceptors (Lipinski definition) is 5. The number of nitrogens with one attached hydrogen (secondary N) is 1. The van der Waals surface area contributed by atoms with Gasteiger partial charge in [-0.2, -0.15) is 13.2 Å². The van der Waals surface area contributed by atoms with Crippen LogP contribution in [0.15, 0.2) is 71.9 Å². The molecule has 1 N–H and O–H groups in total. The van der Waals surface area contributed by atoms with Crippen molar-refractivity contribution in [3.8, 4) is 0 Å². The molecule has 0 spiro atoms. The van der Waals surface area contributed by atoms with Gasteiger partial charge in [-0.3, -0.25) is 24.5 Å². The maximum absolute atomic E-state index is 12.8. The number of carbonyl (C=O) groups is 2. The fraction of sp³-hybridized carbons (Fsp3) is 0.267. The Balaban J connectivity index is 1.53. The molecule has 0 bridgehead atoms. The van der Waals surface area contributed by atoms with Crippen molar-refractivity contribution in [1.29, 1.82) is 0 Å². The summed E-state index contributed by atoms with van der Waals surface area (Å²) in [6, 6.07) is 13.1. The molecule has 1 unspecified atom stereocenters. The highest BCUT2D eigenvalue weighted by molar-refractivity contribution is 6.04. The van der Waals surface area contributed by atoms with Crippen LogP contribution < -0.4 is 5.32 Å². The molecule has 39 heavy (non-hydrogen) atoms. The first-order valence-electron chi connectivity index (χ1n) is 12.6. The van der Waals surface area contributed by atoms with E-state index in [0.29, 0.717) is 29.9 Å². The van der Waals surface area contributed by atoms with E-state index < -0.39 is 17.8 Å². The Bertz CT molecular complexity index is 1430. The van der Waals surface area contributed by atoms with E-state index in [4.69, 9.17) is 0 Å². The minimum absolute atomic E-state index is 0.0248. The highest BCUT2D eigenvalue weighted by Crippen LogP contribution is 2.36. The fourth-order valence-electron chi connectivity index (χ4n) is 4.60. The van der Waals surface area contributed by atoms with Gasteiger partial charge in [0.25, 0.3) is 5.91 Å². The van der Waals surface area contributed by atoms with Crippen molar-refractivity contribution in [1.82, 2.24) is 9.88 Å². The van der Waals surface area contributed by atoms with Crippen LogP contribution in [0.2, 0.25) is 0 Å². The van der Waals surface area contributed by atoms with Crippen LogP contribution in [0.4, 0.5) is 24.5 Å². The number of anilines is 1. The van der Waals surface area contributed by atoms with Crippen LogP contribution in [-0.4, -0.2) is 34.8 Å². The van der Waals surface area contributed by atoms with Gasteiger partial charge in [-0.1, -0.05) is 31.2 Å². The molecule has 4 rings (SSSR count). The van der Waals surface area contributed by atoms with Crippen molar-refractivity contribution in [2.24, 2.45) is 4.99 Å². The molecule has 1 aliphatic heterocycles. The Morgan fingerprint density at radius 3 is 2.59 bits per heavy atom. The summed E-state index contributed by atoms with van der Waals surface area (Å²) in [5.74, 6) is -0.486. The summed E-state index contributed by atoms with van der Waals surface area (Å²) in [5.41, 5.74) is 3.56. The largest absolute Gasteiger partial charge is 0.433 e. The second kappa shape index (κ2) is 11.7. The van der Waals surface area contributed by atoms with Crippen molar-refractivity contribution < 1.29 is 22.8 Å². The number of allylic oxidation sites excluding steroid dienone is 1. The zero-order valence-corrected chi connectivity index (χ0v) is 21.9. The number of aliphatic imine (C=N–C) groups is 1. The van der Waals surface area contributed by atoms with E-state index in [0.717, 1.165) is 41.4 Å². The van der Waals surface area contributed by atoms with Crippen LogP contribution in [0.3, 0.4) is 0 Å². The zero-order chi connectivity index (χ0) is 28.2. The van der Waals surface area contributed by atoms with Gasteiger partial charge in [-0.15, -0.1) is 0 Å². The van der Waals surface area contributed by atoms with Crippen LogP contribution in [0.25, 0.3) is 0 Å². The fourth-order valence-corrected chi connectivity index (χ4v) is 4.60. The molecule has 0 aliphatic carbocycles. The monoisotopic (exact) mass is 534 g/mol. The Kier molecular flexibility index (Phi) is 8.40. The van der Waals surface area contributed by atoms with Crippen LogP contribution in [-0.2, 0) is 12.7 Å². The van der Waals surface area contributed by atoms with Crippen LogP contribution in [0, 0.1) is 6.92 Å². The molecule has 1 aliphatic rings. The number of para-hydroxylation sites is 1. The third kappa shape index (κ3) is 6.67. The molecule has 1 amide bonds. The molecule has 6 nitrogen and oxygen atoms in total. The first kappa shape index (κ1) is 27.9. The second-order valence-electron chi connectivity index (χ2n) is 9.53. The highest BCUT2D eigenvalue weighted by Gasteiger charge is 2.32. The summed E-state index contributed by atoms with van der Waals surface area (Å²) in [5, 5.41) is 2.76. The van der Waals surface area contributed by atoms with Gasteiger partial charge in [-0.25, -0.2) is 0 Å². The van der Waals surface area contributed by atoms with E-state index in [-0.39, 0.29) is 17.4 Å². The maximum atomic E-state index is 12.8. The molecule has 1 atom stereocenters. The van der Waals surface area contributed by atoms with Crippen molar-refractivity contribution in [2.45, 2.75) is 45.5 Å². The number of Topliss-reactive ketones (excluding diaryl/α,β-unsaturated/α-hetero) is 1. The average Bonchev–Trinajstić information content (AvgIpc) is 3.10. The number of nitrogens with zero attached hydrogens (tertiary/aromatic N) is 3. The lowest BCUT2D eigenvalue weighted by Gasteiger charge is -2.27. The van der Waals surface area contributed by atoms with Crippen molar-refractivity contribution in [3.05, 3.63) is 100 Å². The third-order valence-electron chi connectivity index (χ3n) is 6.36. The lowest BCUT2D eigenvalue weighted by molar-refractivity contribution is -0.141. The Morgan fingerprint density at radius 1 is 1.10 bits per heavy atom. The Labute approximate surface area is 225 Å². The summed E-state index contributed by atoms with van der Waals surface area (Å²) < 4.78 is 38.4. The van der Waals surface area contributed by atoms with Gasteiger partial charge in [0.05, 0.1) is 17.3 Å². The molecule has 3 aromatic rings. The van der Waals surface area contributed by atoms with E-state index in [1.807, 2.05) is 63.4 Å². The third-order valence-corrected chi connectivity index (χ3v) is 6.36. The van der Waals surface area contributed by atoms with E-state index in [1.165, 1.54) is 0 Å². The second-order valence-corrected chi connectivity index (χ2v) is 9.53. The van der Waals surface area contributed by atoms with Crippen LogP contribution in [0.1, 0.15) is 68.9 Å². The van der Waals surface area contributed by atoms with E-state index in [2.05, 4.69) is 20.2 Å². The standard InChI is InChI=1S/C30H29F3N4O2/c1-4-7-26(38)24-9-5-8-23-25(10-6-13-34-28(23)24)37(3)18-20-14-19(2)15-22(16-20)36-29(39)21-11-12-27(35-17-21)30(31,32)33/h5-6,8-17,25H,4,7,18H2,1-3H3,(H,36,39). The number of pyridine rings is 1. The minimum atomic E-state index is -4.57. The number of carbonyl (C=O) groups excluding carboxylic acids is 2. The predicted octanol–water partition coefficient (Wildman–Crippen LogP) is 7.09. The number of rotatable bonds is 8. The molecule has 0 radical (unpaired) electrons. The molecule has 2 heterocycles. The number of hydrogen-bond donors (Lipinski definition) is 1. The number of aromatic nitrogens is 1. The average molecular weight is 535 g/mol. The maximum Gasteiger partial charge on any atom is 0.433 e. The molecule has 9 heteroatoms. The summed E-state index contributed by atoms with van der Waals surface area (Å²) >= 11 is 0. The normalized spacial score (nSPS) is 14.7. The van der Waals surface area contributed by atoms with Gasteiger partial charge in [0.15, 0.2) is 5.78 Å². The van der Waals surface area contributed by atoms with Crippen LogP contribution >= 0.6 is 0 Å². The van der Waals surface area contributed by atoms with E-state index >= 15 is 0 Å². The summed E-state index contributed by atoms with van der Waals surface area (Å²) in [7, 11) is 1.97. The number of alkyl halides is 3. The lowest BCUT2D eigenvalue weighted by atomic mass is 9.96. The minimum Gasteiger partial charge on any atom is -0.322 e. The summed E-state index contributed by atoms with van der Waals surface area (Å²) in [4.78, 5) is 35.5. The Hall–Kier alpha value is -4.11. The molecule has 0 saturated carbocycles. The summed E-state index contributed by atoms with van der Waals surface area (Å²) in [6.07, 6.45) is 3.16. The number of fused-ring (bicyclic) bond motifs is 1. The molecule has 202 valence electrons. The Morgan fingerprint density at radius 2 is 1.90 bits per heavy atom. The SMILES string of the molecule is CCCC(=O)c1cccc2c1N=CC=CC2N(C)Cc1cc(C)cc(NC(=O)c2ccc(C(F)(F)F)nc2)c1. The molecule has 1 aromatic heterocycles. The topological polar surface area (TPSA) is 74.7 Å². The first-order valence-corrected chi connectivity index (χ1v) is 12.6. The highest BCUT2D eigenvalue weighted by atomic mass is 19.4. The van der Waals surface area contributed by atoms with Gasteiger partial charge < -0.3 is 5.32 Å².